The van der Waals surface area contributed by atoms with Crippen LogP contribution in [0.4, 0.5) is 0 Å². The molecule has 0 N–H and O–H groups in total. The van der Waals surface area contributed by atoms with E-state index >= 15 is 0 Å². The van der Waals surface area contributed by atoms with E-state index in [9.17, 15) is 9.59 Å². The minimum atomic E-state index is -0.0872. The minimum Gasteiger partial charge on any atom is -0.486 e. The minimum absolute atomic E-state index is 0.00626. The fourth-order valence-corrected chi connectivity index (χ4v) is 3.07. The highest BCUT2D eigenvalue weighted by Gasteiger charge is 2.33. The van der Waals surface area contributed by atoms with Crippen molar-refractivity contribution in [1.29, 1.82) is 0 Å². The average Bonchev–Trinajstić information content (AvgIpc) is 3.35. The zero-order chi connectivity index (χ0) is 16.7. The number of rotatable bonds is 4. The summed E-state index contributed by atoms with van der Waals surface area (Å²) in [5.74, 6) is 0.500. The number of hydrogen-bond donors (Lipinski definition) is 0. The highest BCUT2D eigenvalue weighted by atomic mass is 16.5. The van der Waals surface area contributed by atoms with Crippen LogP contribution in [0, 0.1) is 6.92 Å². The first-order valence-electron chi connectivity index (χ1n) is 8.22. The van der Waals surface area contributed by atoms with Gasteiger partial charge < -0.3 is 14.2 Å². The molecule has 1 aliphatic heterocycles. The topological polar surface area (TPSA) is 64.4 Å². The van der Waals surface area contributed by atoms with E-state index in [1.807, 2.05) is 17.6 Å². The molecule has 1 saturated carbocycles. The molecule has 4 rings (SSSR count). The Morgan fingerprint density at radius 2 is 2.04 bits per heavy atom. The molecule has 0 bridgehead atoms. The van der Waals surface area contributed by atoms with Crippen LogP contribution in [-0.4, -0.2) is 39.6 Å². The normalized spacial score (nSPS) is 17.5. The van der Waals surface area contributed by atoms with Crippen LogP contribution >= 0.6 is 0 Å². The van der Waals surface area contributed by atoms with Crippen LogP contribution in [0.15, 0.2) is 41.3 Å². The summed E-state index contributed by atoms with van der Waals surface area (Å²) in [4.78, 5) is 30.2. The second-order valence-corrected chi connectivity index (χ2v) is 6.44. The first kappa shape index (κ1) is 14.9. The smallest absolute Gasteiger partial charge is 0.272 e. The zero-order valence-electron chi connectivity index (χ0n) is 13.5. The number of aromatic nitrogens is 2. The summed E-state index contributed by atoms with van der Waals surface area (Å²) in [6.45, 7) is 2.96. The van der Waals surface area contributed by atoms with Gasteiger partial charge in [0.15, 0.2) is 0 Å². The second-order valence-electron chi connectivity index (χ2n) is 6.44. The van der Waals surface area contributed by atoms with Gasteiger partial charge >= 0.3 is 0 Å². The quantitative estimate of drug-likeness (QED) is 0.860. The average molecular weight is 325 g/mol. The van der Waals surface area contributed by atoms with Gasteiger partial charge in [-0.2, -0.15) is 0 Å². The lowest BCUT2D eigenvalue weighted by Gasteiger charge is -2.38. The van der Waals surface area contributed by atoms with Crippen molar-refractivity contribution in [2.24, 2.45) is 0 Å². The van der Waals surface area contributed by atoms with Crippen LogP contribution in [0.5, 0.6) is 5.75 Å². The van der Waals surface area contributed by atoms with Crippen LogP contribution < -0.4 is 10.3 Å². The summed E-state index contributed by atoms with van der Waals surface area (Å²) in [6, 6.07) is 9.10. The Morgan fingerprint density at radius 1 is 1.25 bits per heavy atom. The second kappa shape index (κ2) is 5.78. The van der Waals surface area contributed by atoms with E-state index in [-0.39, 0.29) is 17.6 Å². The number of amides is 1. The fraction of sp³-hybridized carbons (Fsp3) is 0.389. The number of ether oxygens (including phenoxy) is 1. The van der Waals surface area contributed by atoms with Crippen LogP contribution in [0.2, 0.25) is 0 Å². The third-order valence-corrected chi connectivity index (χ3v) is 4.47. The number of nitrogens with zero attached hydrogens (tertiary/aromatic N) is 3. The SMILES string of the molecule is Cc1cc(OC2CN(C(=O)c3ccccn3)C2)cc(=O)n1C1CC1. The molecule has 1 saturated heterocycles. The third kappa shape index (κ3) is 2.79. The molecule has 2 fully saturated rings. The predicted molar refractivity (Wildman–Crippen MR) is 88.3 cm³/mol. The standard InChI is InChI=1S/C18H19N3O3/c1-12-8-14(9-17(22)21(12)13-5-6-13)24-15-10-20(11-15)18(23)16-4-2-3-7-19-16/h2-4,7-9,13,15H,5-6,10-11H2,1H3. The van der Waals surface area contributed by atoms with Crippen LogP contribution in [0.1, 0.15) is 35.1 Å². The van der Waals surface area contributed by atoms with Gasteiger partial charge in [-0.15, -0.1) is 0 Å². The summed E-state index contributed by atoms with van der Waals surface area (Å²) in [7, 11) is 0. The van der Waals surface area contributed by atoms with Gasteiger partial charge in [0.2, 0.25) is 0 Å². The van der Waals surface area contributed by atoms with E-state index in [2.05, 4.69) is 4.98 Å². The lowest BCUT2D eigenvalue weighted by atomic mass is 10.1. The number of carbonyl (C=O) groups excluding carboxylic acids is 1. The van der Waals surface area contributed by atoms with Crippen LogP contribution in [-0.2, 0) is 0 Å². The Bertz CT molecular complexity index is 821. The van der Waals surface area contributed by atoms with Crippen molar-refractivity contribution in [3.63, 3.8) is 0 Å². The fourth-order valence-electron chi connectivity index (χ4n) is 3.07. The third-order valence-electron chi connectivity index (χ3n) is 4.47. The Balaban J connectivity index is 1.38. The van der Waals surface area contributed by atoms with E-state index in [0.29, 0.717) is 30.6 Å². The molecule has 0 aromatic carbocycles. The molecule has 6 heteroatoms. The molecule has 0 atom stereocenters. The van der Waals surface area contributed by atoms with Crippen molar-refractivity contribution in [3.05, 3.63) is 58.3 Å². The Morgan fingerprint density at radius 3 is 2.67 bits per heavy atom. The Hall–Kier alpha value is -2.63. The summed E-state index contributed by atoms with van der Waals surface area (Å²) >= 11 is 0. The Kier molecular flexibility index (Phi) is 3.59. The first-order chi connectivity index (χ1) is 11.6. The number of pyridine rings is 2. The van der Waals surface area contributed by atoms with E-state index in [0.717, 1.165) is 18.5 Å². The molecule has 24 heavy (non-hydrogen) atoms. The van der Waals surface area contributed by atoms with Gasteiger partial charge in [-0.25, -0.2) is 0 Å². The first-order valence-corrected chi connectivity index (χ1v) is 8.22. The number of aryl methyl sites for hydroxylation is 1. The van der Waals surface area contributed by atoms with Crippen molar-refractivity contribution in [2.45, 2.75) is 31.9 Å². The molecule has 2 aromatic heterocycles. The van der Waals surface area contributed by atoms with E-state index in [1.165, 1.54) is 0 Å². The number of carbonyl (C=O) groups is 1. The van der Waals surface area contributed by atoms with Crippen molar-refractivity contribution >= 4 is 5.91 Å². The van der Waals surface area contributed by atoms with Gasteiger partial charge in [0.25, 0.3) is 11.5 Å². The summed E-state index contributed by atoms with van der Waals surface area (Å²) in [5, 5.41) is 0. The molecular formula is C18H19N3O3. The maximum absolute atomic E-state index is 12.2. The van der Waals surface area contributed by atoms with Gasteiger partial charge in [0, 0.05) is 24.0 Å². The summed E-state index contributed by atoms with van der Waals surface area (Å²) in [5.41, 5.74) is 1.37. The van der Waals surface area contributed by atoms with E-state index in [4.69, 9.17) is 4.74 Å². The maximum atomic E-state index is 12.2. The Labute approximate surface area is 139 Å². The zero-order valence-corrected chi connectivity index (χ0v) is 13.5. The van der Waals surface area contributed by atoms with Crippen molar-refractivity contribution in [2.75, 3.05) is 13.1 Å². The summed E-state index contributed by atoms with van der Waals surface area (Å²) < 4.78 is 7.69. The number of hydrogen-bond acceptors (Lipinski definition) is 4. The maximum Gasteiger partial charge on any atom is 0.272 e. The van der Waals surface area contributed by atoms with Gasteiger partial charge in [-0.1, -0.05) is 6.07 Å². The van der Waals surface area contributed by atoms with Crippen molar-refractivity contribution in [3.8, 4) is 5.75 Å². The molecule has 1 amide bonds. The molecule has 3 heterocycles. The van der Waals surface area contributed by atoms with E-state index in [1.54, 1.807) is 35.4 Å². The molecular weight excluding hydrogens is 306 g/mol. The molecule has 0 radical (unpaired) electrons. The predicted octanol–water partition coefficient (Wildman–Crippen LogP) is 1.79. The highest BCUT2D eigenvalue weighted by Crippen LogP contribution is 2.35. The molecule has 0 spiro atoms. The van der Waals surface area contributed by atoms with Crippen LogP contribution in [0.3, 0.4) is 0 Å². The van der Waals surface area contributed by atoms with Gasteiger partial charge in [0.05, 0.1) is 13.1 Å². The highest BCUT2D eigenvalue weighted by molar-refractivity contribution is 5.92. The molecule has 124 valence electrons. The van der Waals surface area contributed by atoms with Gasteiger partial charge in [0.1, 0.15) is 17.5 Å². The van der Waals surface area contributed by atoms with Crippen molar-refractivity contribution in [1.82, 2.24) is 14.5 Å². The lowest BCUT2D eigenvalue weighted by Crippen LogP contribution is -2.56. The molecule has 6 nitrogen and oxygen atoms in total. The van der Waals surface area contributed by atoms with Gasteiger partial charge in [-0.3, -0.25) is 14.6 Å². The molecule has 1 aliphatic carbocycles. The monoisotopic (exact) mass is 325 g/mol. The largest absolute Gasteiger partial charge is 0.486 e. The number of likely N-dealkylation sites (tertiary alicyclic amines) is 1. The molecule has 2 aliphatic rings. The van der Waals surface area contributed by atoms with Crippen molar-refractivity contribution < 1.29 is 9.53 Å². The molecule has 2 aromatic rings. The summed E-state index contributed by atoms with van der Waals surface area (Å²) in [6.07, 6.45) is 3.69. The van der Waals surface area contributed by atoms with Gasteiger partial charge in [-0.05, 0) is 38.0 Å². The van der Waals surface area contributed by atoms with Crippen LogP contribution in [0.25, 0.3) is 0 Å². The van der Waals surface area contributed by atoms with E-state index < -0.39 is 0 Å². The molecule has 0 unspecified atom stereocenters. The lowest BCUT2D eigenvalue weighted by molar-refractivity contribution is 0.0172.